The average Bonchev–Trinajstić information content (AvgIpc) is 3.20. The molecule has 1 aliphatic rings. The molecule has 0 radical (unpaired) electrons. The van der Waals surface area contributed by atoms with Crippen LogP contribution < -0.4 is 10.2 Å². The highest BCUT2D eigenvalue weighted by Gasteiger charge is 2.37. The lowest BCUT2D eigenvalue weighted by Crippen LogP contribution is -2.54. The number of nitro benzene ring substituents is 1. The summed E-state index contributed by atoms with van der Waals surface area (Å²) in [6, 6.07) is 15.3. The minimum atomic E-state index is -0.813. The lowest BCUT2D eigenvalue weighted by atomic mass is 10.1. The van der Waals surface area contributed by atoms with Crippen molar-refractivity contribution in [2.75, 3.05) is 4.90 Å². The number of carbonyl (C=O) groups excluding carboxylic acids is 3. The second-order valence-electron chi connectivity index (χ2n) is 6.82. The molecule has 1 N–H and O–H groups in total. The first-order chi connectivity index (χ1) is 14.9. The van der Waals surface area contributed by atoms with E-state index in [4.69, 9.17) is 0 Å². The molecule has 1 fully saturated rings. The van der Waals surface area contributed by atoms with E-state index in [1.807, 2.05) is 0 Å². The van der Waals surface area contributed by atoms with Crippen LogP contribution in [0.15, 0.2) is 72.4 Å². The molecule has 0 atom stereocenters. The van der Waals surface area contributed by atoms with E-state index in [0.29, 0.717) is 22.6 Å². The minimum absolute atomic E-state index is 0.0509. The van der Waals surface area contributed by atoms with E-state index in [1.165, 1.54) is 18.2 Å². The van der Waals surface area contributed by atoms with E-state index < -0.39 is 22.8 Å². The van der Waals surface area contributed by atoms with Gasteiger partial charge in [0.05, 0.1) is 10.6 Å². The molecule has 3 aromatic rings. The summed E-state index contributed by atoms with van der Waals surface area (Å²) in [5.74, 6) is -1.53. The third-order valence-corrected chi connectivity index (χ3v) is 4.87. The second kappa shape index (κ2) is 7.71. The van der Waals surface area contributed by atoms with Crippen molar-refractivity contribution in [1.29, 1.82) is 0 Å². The number of para-hydroxylation sites is 1. The highest BCUT2D eigenvalue weighted by Crippen LogP contribution is 2.26. The molecule has 9 heteroatoms. The minimum Gasteiger partial charge on any atom is -0.317 e. The molecule has 31 heavy (non-hydrogen) atoms. The van der Waals surface area contributed by atoms with E-state index in [9.17, 15) is 24.5 Å². The Morgan fingerprint density at radius 3 is 2.35 bits per heavy atom. The van der Waals surface area contributed by atoms with Crippen LogP contribution in [-0.4, -0.2) is 27.3 Å². The molecule has 2 heterocycles. The maximum absolute atomic E-state index is 13.1. The zero-order valence-electron chi connectivity index (χ0n) is 16.3. The number of hydrogen-bond acceptors (Lipinski definition) is 5. The monoisotopic (exact) mass is 416 g/mol. The van der Waals surface area contributed by atoms with Gasteiger partial charge >= 0.3 is 6.03 Å². The second-order valence-corrected chi connectivity index (χ2v) is 6.82. The van der Waals surface area contributed by atoms with Crippen molar-refractivity contribution in [2.45, 2.75) is 6.92 Å². The molecular formula is C22H16N4O5. The first-order valence-electron chi connectivity index (χ1n) is 9.26. The van der Waals surface area contributed by atoms with Crippen LogP contribution in [0, 0.1) is 17.0 Å². The van der Waals surface area contributed by atoms with Gasteiger partial charge in [0, 0.05) is 29.7 Å². The van der Waals surface area contributed by atoms with Crippen LogP contribution in [0.4, 0.5) is 16.2 Å². The number of hydrogen-bond donors (Lipinski definition) is 1. The molecule has 0 bridgehead atoms. The number of non-ortho nitro benzene ring substituents is 1. The van der Waals surface area contributed by atoms with Crippen LogP contribution in [0.25, 0.3) is 11.8 Å². The number of amides is 4. The quantitative estimate of drug-likeness (QED) is 0.303. The van der Waals surface area contributed by atoms with Gasteiger partial charge < -0.3 is 4.57 Å². The number of anilines is 1. The number of nitro groups is 1. The number of aryl methyl sites for hydroxylation is 1. The van der Waals surface area contributed by atoms with Crippen molar-refractivity contribution in [1.82, 2.24) is 9.88 Å². The van der Waals surface area contributed by atoms with Crippen molar-refractivity contribution in [3.05, 3.63) is 93.8 Å². The lowest BCUT2D eigenvalue weighted by Gasteiger charge is -2.27. The van der Waals surface area contributed by atoms with Crippen LogP contribution in [0.5, 0.6) is 0 Å². The summed E-state index contributed by atoms with van der Waals surface area (Å²) in [6.07, 6.45) is 3.08. The molecule has 154 valence electrons. The largest absolute Gasteiger partial charge is 0.335 e. The maximum Gasteiger partial charge on any atom is 0.335 e. The van der Waals surface area contributed by atoms with E-state index in [1.54, 1.807) is 66.2 Å². The van der Waals surface area contributed by atoms with Crippen LogP contribution >= 0.6 is 0 Å². The molecule has 1 aliphatic heterocycles. The Kier molecular flexibility index (Phi) is 4.92. The number of urea groups is 1. The number of nitrogens with one attached hydrogen (secondary N) is 1. The van der Waals surface area contributed by atoms with Gasteiger partial charge in [0.15, 0.2) is 0 Å². The summed E-state index contributed by atoms with van der Waals surface area (Å²) in [5, 5.41) is 13.1. The summed E-state index contributed by atoms with van der Waals surface area (Å²) >= 11 is 0. The van der Waals surface area contributed by atoms with Crippen molar-refractivity contribution in [3.8, 4) is 5.69 Å². The Hall–Kier alpha value is -4.53. The molecule has 4 rings (SSSR count). The van der Waals surface area contributed by atoms with E-state index in [2.05, 4.69) is 5.32 Å². The Balaban J connectivity index is 1.73. The Morgan fingerprint density at radius 1 is 0.968 bits per heavy atom. The number of aromatic nitrogens is 1. The van der Waals surface area contributed by atoms with Crippen LogP contribution in [-0.2, 0) is 9.59 Å². The number of rotatable bonds is 4. The van der Waals surface area contributed by atoms with Gasteiger partial charge in [0.1, 0.15) is 5.57 Å². The van der Waals surface area contributed by atoms with Gasteiger partial charge in [-0.3, -0.25) is 25.0 Å². The van der Waals surface area contributed by atoms with Crippen LogP contribution in [0.3, 0.4) is 0 Å². The zero-order chi connectivity index (χ0) is 22.1. The number of carbonyl (C=O) groups is 3. The summed E-state index contributed by atoms with van der Waals surface area (Å²) in [7, 11) is 0. The molecule has 0 saturated carbocycles. The van der Waals surface area contributed by atoms with Gasteiger partial charge in [-0.2, -0.15) is 0 Å². The van der Waals surface area contributed by atoms with E-state index >= 15 is 0 Å². The van der Waals surface area contributed by atoms with Gasteiger partial charge in [-0.15, -0.1) is 0 Å². The average molecular weight is 416 g/mol. The predicted molar refractivity (Wildman–Crippen MR) is 113 cm³/mol. The molecule has 0 unspecified atom stereocenters. The first-order valence-corrected chi connectivity index (χ1v) is 9.26. The molecule has 2 aromatic carbocycles. The number of imide groups is 2. The fraction of sp³-hybridized carbons (Fsp3) is 0.0455. The normalized spacial score (nSPS) is 15.3. The Labute approximate surface area is 176 Å². The fourth-order valence-corrected chi connectivity index (χ4v) is 3.32. The molecule has 9 nitrogen and oxygen atoms in total. The molecule has 4 amide bonds. The SMILES string of the molecule is Cc1ccccc1N1C(=O)NC(=O)/C(=C\c2cccn2-c2ccc([N+](=O)[O-])cc2)C1=O. The molecule has 0 aliphatic carbocycles. The molecule has 1 aromatic heterocycles. The third-order valence-electron chi connectivity index (χ3n) is 4.87. The molecule has 1 saturated heterocycles. The fourth-order valence-electron chi connectivity index (χ4n) is 3.32. The maximum atomic E-state index is 13.1. The van der Waals surface area contributed by atoms with E-state index in [0.717, 1.165) is 4.90 Å². The predicted octanol–water partition coefficient (Wildman–Crippen LogP) is 3.36. The highest BCUT2D eigenvalue weighted by molar-refractivity contribution is 6.39. The summed E-state index contributed by atoms with van der Waals surface area (Å²) in [6.45, 7) is 1.76. The van der Waals surface area contributed by atoms with Crippen molar-refractivity contribution < 1.29 is 19.3 Å². The molecular weight excluding hydrogens is 400 g/mol. The first kappa shape index (κ1) is 19.8. The Morgan fingerprint density at radius 2 is 1.68 bits per heavy atom. The smallest absolute Gasteiger partial charge is 0.317 e. The zero-order valence-corrected chi connectivity index (χ0v) is 16.3. The number of nitrogens with zero attached hydrogens (tertiary/aromatic N) is 3. The standard InChI is InChI=1S/C22H16N4O5/c1-14-5-2-3-7-19(14)25-21(28)18(20(27)23-22(25)29)13-17-6-4-12-24(17)15-8-10-16(11-9-15)26(30)31/h2-13H,1H3,(H,23,27,29)/b18-13+. The third kappa shape index (κ3) is 3.60. The van der Waals surface area contributed by atoms with Gasteiger partial charge in [0.2, 0.25) is 0 Å². The Bertz CT molecular complexity index is 1260. The summed E-state index contributed by atoms with van der Waals surface area (Å²) < 4.78 is 1.67. The van der Waals surface area contributed by atoms with Gasteiger partial charge in [-0.25, -0.2) is 9.69 Å². The van der Waals surface area contributed by atoms with Gasteiger partial charge in [0.25, 0.3) is 17.5 Å². The van der Waals surface area contributed by atoms with Crippen molar-refractivity contribution in [3.63, 3.8) is 0 Å². The topological polar surface area (TPSA) is 115 Å². The number of benzene rings is 2. The summed E-state index contributed by atoms with van der Waals surface area (Å²) in [4.78, 5) is 49.2. The number of barbiturate groups is 1. The van der Waals surface area contributed by atoms with Gasteiger partial charge in [-0.1, -0.05) is 18.2 Å². The van der Waals surface area contributed by atoms with Crippen molar-refractivity contribution >= 4 is 35.3 Å². The lowest BCUT2D eigenvalue weighted by molar-refractivity contribution is -0.384. The van der Waals surface area contributed by atoms with Gasteiger partial charge in [-0.05, 0) is 48.9 Å². The van der Waals surface area contributed by atoms with Crippen LogP contribution in [0.2, 0.25) is 0 Å². The molecule has 0 spiro atoms. The van der Waals surface area contributed by atoms with Crippen molar-refractivity contribution in [2.24, 2.45) is 0 Å². The summed E-state index contributed by atoms with van der Waals surface area (Å²) in [5.41, 5.74) is 1.93. The van der Waals surface area contributed by atoms with E-state index in [-0.39, 0.29) is 11.3 Å². The van der Waals surface area contributed by atoms with Crippen LogP contribution in [0.1, 0.15) is 11.3 Å². The highest BCUT2D eigenvalue weighted by atomic mass is 16.6.